The number of anilines is 2. The van der Waals surface area contributed by atoms with Crippen LogP contribution in [0.25, 0.3) is 10.9 Å². The quantitative estimate of drug-likeness (QED) is 0.330. The second-order valence-electron chi connectivity index (χ2n) is 8.23. The monoisotopic (exact) mass is 474 g/mol. The summed E-state index contributed by atoms with van der Waals surface area (Å²) < 4.78 is 18.4. The highest BCUT2D eigenvalue weighted by Crippen LogP contribution is 2.36. The summed E-state index contributed by atoms with van der Waals surface area (Å²) in [7, 11) is 6.78. The first-order valence-electron chi connectivity index (χ1n) is 11.2. The Balaban J connectivity index is 1.47. The predicted octanol–water partition coefficient (Wildman–Crippen LogP) is 5.09. The zero-order valence-electron chi connectivity index (χ0n) is 20.3. The van der Waals surface area contributed by atoms with Crippen molar-refractivity contribution < 1.29 is 19.0 Å². The van der Waals surface area contributed by atoms with Crippen molar-refractivity contribution in [3.63, 3.8) is 0 Å². The Labute approximate surface area is 204 Å². The van der Waals surface area contributed by atoms with Crippen LogP contribution in [0, 0.1) is 0 Å². The minimum absolute atomic E-state index is 0.329. The molecular formula is C27H30N4O4. The largest absolute Gasteiger partial charge is 0.496 e. The molecule has 8 heteroatoms. The number of benzene rings is 3. The van der Waals surface area contributed by atoms with Gasteiger partial charge in [0.05, 0.1) is 21.3 Å². The number of rotatable bonds is 8. The predicted molar refractivity (Wildman–Crippen MR) is 139 cm³/mol. The average molecular weight is 475 g/mol. The second-order valence-corrected chi connectivity index (χ2v) is 8.23. The number of carbonyl (C=O) groups is 1. The van der Waals surface area contributed by atoms with Crippen molar-refractivity contribution in [2.45, 2.75) is 12.5 Å². The van der Waals surface area contributed by atoms with Crippen LogP contribution in [-0.2, 0) is 13.5 Å². The lowest BCUT2D eigenvalue weighted by Gasteiger charge is -2.19. The summed E-state index contributed by atoms with van der Waals surface area (Å²) >= 11 is 0. The third-order valence-corrected chi connectivity index (χ3v) is 5.96. The van der Waals surface area contributed by atoms with Crippen LogP contribution in [0.4, 0.5) is 16.2 Å². The van der Waals surface area contributed by atoms with Crippen molar-refractivity contribution >= 4 is 28.3 Å². The van der Waals surface area contributed by atoms with Crippen molar-refractivity contribution in [3.8, 4) is 17.2 Å². The lowest BCUT2D eigenvalue weighted by Crippen LogP contribution is -2.20. The first-order valence-corrected chi connectivity index (χ1v) is 11.2. The van der Waals surface area contributed by atoms with Gasteiger partial charge in [-0.3, -0.25) is 0 Å². The van der Waals surface area contributed by atoms with Gasteiger partial charge in [-0.1, -0.05) is 12.1 Å². The summed E-state index contributed by atoms with van der Waals surface area (Å²) in [6.07, 6.45) is 2.46. The van der Waals surface area contributed by atoms with Gasteiger partial charge in [-0.15, -0.1) is 0 Å². The molecule has 1 atom stereocenters. The molecule has 0 aliphatic heterocycles. The molecule has 35 heavy (non-hydrogen) atoms. The van der Waals surface area contributed by atoms with E-state index in [2.05, 4.69) is 10.6 Å². The number of hydrogen-bond acceptors (Lipinski definition) is 5. The SMILES string of the molecule is COc1cc(OC)c(CC(N)c2cccc(NC(=O)Nc3ccc4c(ccn4C)c3)c2)c(OC)c1. The molecule has 0 fully saturated rings. The van der Waals surface area contributed by atoms with Crippen molar-refractivity contribution in [1.82, 2.24) is 4.57 Å². The Morgan fingerprint density at radius 1 is 0.914 bits per heavy atom. The maximum absolute atomic E-state index is 12.6. The number of urea groups is 1. The summed E-state index contributed by atoms with van der Waals surface area (Å²) in [6, 6.07) is 18.2. The summed E-state index contributed by atoms with van der Waals surface area (Å²) in [5, 5.41) is 6.83. The molecule has 2 amide bonds. The van der Waals surface area contributed by atoms with E-state index in [9.17, 15) is 4.79 Å². The highest BCUT2D eigenvalue weighted by Gasteiger charge is 2.18. The third-order valence-electron chi connectivity index (χ3n) is 5.96. The molecule has 0 radical (unpaired) electrons. The van der Waals surface area contributed by atoms with E-state index in [0.29, 0.717) is 35.0 Å². The molecule has 1 heterocycles. The van der Waals surface area contributed by atoms with Crippen LogP contribution in [-0.4, -0.2) is 31.9 Å². The lowest BCUT2D eigenvalue weighted by molar-refractivity contribution is 0.262. The van der Waals surface area contributed by atoms with Crippen LogP contribution >= 0.6 is 0 Å². The van der Waals surface area contributed by atoms with E-state index in [1.54, 1.807) is 33.5 Å². The maximum atomic E-state index is 12.6. The highest BCUT2D eigenvalue weighted by molar-refractivity contribution is 6.01. The molecule has 0 aliphatic rings. The van der Waals surface area contributed by atoms with E-state index in [0.717, 1.165) is 22.0 Å². The number of methoxy groups -OCH3 is 3. The van der Waals surface area contributed by atoms with Gasteiger partial charge in [0, 0.05) is 59.3 Å². The minimum atomic E-state index is -0.350. The van der Waals surface area contributed by atoms with Crippen LogP contribution in [0.5, 0.6) is 17.2 Å². The van der Waals surface area contributed by atoms with E-state index in [1.165, 1.54) is 0 Å². The molecule has 4 aromatic rings. The number of amides is 2. The van der Waals surface area contributed by atoms with E-state index < -0.39 is 0 Å². The van der Waals surface area contributed by atoms with E-state index in [4.69, 9.17) is 19.9 Å². The molecule has 3 aromatic carbocycles. The Hall–Kier alpha value is -4.17. The zero-order chi connectivity index (χ0) is 24.9. The van der Waals surface area contributed by atoms with Gasteiger partial charge in [0.2, 0.25) is 0 Å². The topological polar surface area (TPSA) is 99.8 Å². The maximum Gasteiger partial charge on any atom is 0.323 e. The molecule has 0 bridgehead atoms. The Bertz CT molecular complexity index is 1320. The Kier molecular flexibility index (Phi) is 7.12. The summed E-state index contributed by atoms with van der Waals surface area (Å²) in [5.41, 5.74) is 10.7. The standard InChI is InChI=1S/C27H30N4O4/c1-31-11-10-18-13-20(8-9-24(18)31)30-27(32)29-19-7-5-6-17(12-19)23(28)16-22-25(34-3)14-21(33-2)15-26(22)35-4/h5-15,23H,16,28H2,1-4H3,(H2,29,30,32). The number of aromatic nitrogens is 1. The van der Waals surface area contributed by atoms with E-state index in [-0.39, 0.29) is 12.1 Å². The number of fused-ring (bicyclic) bond motifs is 1. The smallest absolute Gasteiger partial charge is 0.323 e. The fourth-order valence-electron chi connectivity index (χ4n) is 4.12. The van der Waals surface area contributed by atoms with Gasteiger partial charge >= 0.3 is 6.03 Å². The molecule has 4 rings (SSSR count). The first-order chi connectivity index (χ1) is 16.9. The molecule has 182 valence electrons. The van der Waals surface area contributed by atoms with Gasteiger partial charge in [-0.2, -0.15) is 0 Å². The van der Waals surface area contributed by atoms with Crippen LogP contribution in [0.3, 0.4) is 0 Å². The van der Waals surface area contributed by atoms with Gasteiger partial charge in [-0.05, 0) is 48.4 Å². The molecule has 4 N–H and O–H groups in total. The molecular weight excluding hydrogens is 444 g/mol. The van der Waals surface area contributed by atoms with Crippen molar-refractivity contribution in [2.75, 3.05) is 32.0 Å². The highest BCUT2D eigenvalue weighted by atomic mass is 16.5. The van der Waals surface area contributed by atoms with Crippen molar-refractivity contribution in [1.29, 1.82) is 0 Å². The first kappa shape index (κ1) is 24.0. The van der Waals surface area contributed by atoms with Crippen LogP contribution in [0.2, 0.25) is 0 Å². The molecule has 1 unspecified atom stereocenters. The summed E-state index contributed by atoms with van der Waals surface area (Å²) in [6.45, 7) is 0. The molecule has 8 nitrogen and oxygen atoms in total. The van der Waals surface area contributed by atoms with Gasteiger partial charge in [-0.25, -0.2) is 4.79 Å². The summed E-state index contributed by atoms with van der Waals surface area (Å²) in [5.74, 6) is 1.92. The van der Waals surface area contributed by atoms with Gasteiger partial charge < -0.3 is 35.1 Å². The number of hydrogen-bond donors (Lipinski definition) is 3. The minimum Gasteiger partial charge on any atom is -0.496 e. The van der Waals surface area contributed by atoms with E-state index in [1.807, 2.05) is 66.3 Å². The Morgan fingerprint density at radius 3 is 2.26 bits per heavy atom. The number of nitrogens with one attached hydrogen (secondary N) is 2. The molecule has 0 spiro atoms. The molecule has 1 aromatic heterocycles. The number of carbonyl (C=O) groups excluding carboxylic acids is 1. The van der Waals surface area contributed by atoms with E-state index >= 15 is 0 Å². The zero-order valence-corrected chi connectivity index (χ0v) is 20.3. The summed E-state index contributed by atoms with van der Waals surface area (Å²) in [4.78, 5) is 12.6. The van der Waals surface area contributed by atoms with Crippen molar-refractivity contribution in [3.05, 3.63) is 78.0 Å². The average Bonchev–Trinajstić information content (AvgIpc) is 3.23. The number of ether oxygens (including phenoxy) is 3. The van der Waals surface area contributed by atoms with Crippen molar-refractivity contribution in [2.24, 2.45) is 12.8 Å². The van der Waals surface area contributed by atoms with Gasteiger partial charge in [0.15, 0.2) is 0 Å². The van der Waals surface area contributed by atoms with Crippen LogP contribution < -0.4 is 30.6 Å². The van der Waals surface area contributed by atoms with Gasteiger partial charge in [0.25, 0.3) is 0 Å². The molecule has 0 saturated heterocycles. The Morgan fingerprint density at radius 2 is 1.60 bits per heavy atom. The fourth-order valence-corrected chi connectivity index (χ4v) is 4.12. The lowest BCUT2D eigenvalue weighted by atomic mass is 9.97. The fraction of sp³-hybridized carbons (Fsp3) is 0.222. The number of nitrogens with two attached hydrogens (primary N) is 1. The molecule has 0 saturated carbocycles. The normalized spacial score (nSPS) is 11.7. The third kappa shape index (κ3) is 5.33. The van der Waals surface area contributed by atoms with Crippen LogP contribution in [0.15, 0.2) is 66.9 Å². The number of nitrogens with zero attached hydrogens (tertiary/aromatic N) is 1. The van der Waals surface area contributed by atoms with Crippen LogP contribution in [0.1, 0.15) is 17.2 Å². The number of aryl methyl sites for hydroxylation is 1. The van der Waals surface area contributed by atoms with Gasteiger partial charge in [0.1, 0.15) is 17.2 Å². The molecule has 0 aliphatic carbocycles. The second kappa shape index (κ2) is 10.4.